The zero-order valence-electron chi connectivity index (χ0n) is 19.3. The van der Waals surface area contributed by atoms with Crippen molar-refractivity contribution >= 4 is 23.3 Å². The van der Waals surface area contributed by atoms with Crippen LogP contribution in [0.3, 0.4) is 0 Å². The normalized spacial score (nSPS) is 19.7. The number of aromatic nitrogens is 1. The second-order valence-corrected chi connectivity index (χ2v) is 9.40. The molecule has 186 valence electrons. The number of ether oxygens (including phenoxy) is 2. The van der Waals surface area contributed by atoms with Crippen LogP contribution in [0.25, 0.3) is 10.9 Å². The smallest absolute Gasteiger partial charge is 0.251 e. The van der Waals surface area contributed by atoms with Crippen LogP contribution in [0.1, 0.15) is 29.9 Å². The molecule has 1 fully saturated rings. The van der Waals surface area contributed by atoms with Gasteiger partial charge in [-0.15, -0.1) is 12.4 Å². The fourth-order valence-electron chi connectivity index (χ4n) is 5.57. The van der Waals surface area contributed by atoms with E-state index in [-0.39, 0.29) is 47.3 Å². The Balaban J connectivity index is 0.00000253. The molecule has 6 rings (SSSR count). The Morgan fingerprint density at radius 3 is 2.60 bits per heavy atom. The van der Waals surface area contributed by atoms with E-state index in [9.17, 15) is 13.6 Å². The van der Waals surface area contributed by atoms with E-state index in [4.69, 9.17) is 9.47 Å². The highest BCUT2D eigenvalue weighted by atomic mass is 35.5. The molecule has 9 heteroatoms. The third kappa shape index (κ3) is 4.39. The van der Waals surface area contributed by atoms with Crippen molar-refractivity contribution < 1.29 is 18.3 Å². The van der Waals surface area contributed by atoms with Gasteiger partial charge >= 0.3 is 0 Å². The lowest BCUT2D eigenvalue weighted by Crippen LogP contribution is -2.43. The second kappa shape index (κ2) is 9.76. The molecule has 4 heterocycles. The molecular formula is C26H28ClF2N3O3. The number of likely N-dealkylation sites (tertiary alicyclic amines) is 1. The number of rotatable bonds is 5. The van der Waals surface area contributed by atoms with Crippen molar-refractivity contribution in [2.24, 2.45) is 0 Å². The summed E-state index contributed by atoms with van der Waals surface area (Å²) in [7, 11) is 0. The monoisotopic (exact) mass is 503 g/mol. The van der Waals surface area contributed by atoms with Gasteiger partial charge in [-0.2, -0.15) is 0 Å². The first-order valence-electron chi connectivity index (χ1n) is 11.9. The third-order valence-electron chi connectivity index (χ3n) is 7.32. The molecule has 1 atom stereocenters. The minimum atomic E-state index is -0.352. The van der Waals surface area contributed by atoms with Gasteiger partial charge in [0.2, 0.25) is 0 Å². The Hall–Kier alpha value is -2.68. The van der Waals surface area contributed by atoms with Crippen molar-refractivity contribution in [3.8, 4) is 11.5 Å². The molecule has 1 saturated heterocycles. The van der Waals surface area contributed by atoms with Crippen molar-refractivity contribution in [3.63, 3.8) is 0 Å². The largest absolute Gasteiger partial charge is 0.486 e. The average molecular weight is 504 g/mol. The maximum Gasteiger partial charge on any atom is 0.251 e. The van der Waals surface area contributed by atoms with Crippen LogP contribution in [0.4, 0.5) is 8.78 Å². The van der Waals surface area contributed by atoms with Gasteiger partial charge in [-0.3, -0.25) is 4.79 Å². The Kier molecular flexibility index (Phi) is 6.70. The SMILES string of the molecule is Cl.O=c1ccc2ccc(F)c3c2n1C[C@H]3CN1CCC(NCc2ccc3c(c2F)OCCO3)CC1. The number of benzene rings is 2. The Labute approximate surface area is 208 Å². The average Bonchev–Trinajstić information content (AvgIpc) is 3.25. The summed E-state index contributed by atoms with van der Waals surface area (Å²) < 4.78 is 42.1. The Morgan fingerprint density at radius 1 is 1.00 bits per heavy atom. The molecule has 1 aromatic heterocycles. The quantitative estimate of drug-likeness (QED) is 0.573. The summed E-state index contributed by atoms with van der Waals surface area (Å²) in [5, 5.41) is 4.39. The third-order valence-corrected chi connectivity index (χ3v) is 7.32. The molecule has 0 aliphatic carbocycles. The molecule has 0 spiro atoms. The van der Waals surface area contributed by atoms with E-state index >= 15 is 0 Å². The summed E-state index contributed by atoms with van der Waals surface area (Å²) in [6, 6.07) is 10.4. The molecule has 0 unspecified atom stereocenters. The van der Waals surface area contributed by atoms with Crippen LogP contribution in [0.2, 0.25) is 0 Å². The van der Waals surface area contributed by atoms with E-state index in [0.29, 0.717) is 43.2 Å². The zero-order chi connectivity index (χ0) is 23.2. The number of halogens is 3. The fraction of sp³-hybridized carbons (Fsp3) is 0.423. The van der Waals surface area contributed by atoms with Gasteiger partial charge in [0.05, 0.1) is 5.52 Å². The predicted octanol–water partition coefficient (Wildman–Crippen LogP) is 3.82. The van der Waals surface area contributed by atoms with Crippen molar-refractivity contribution in [1.82, 2.24) is 14.8 Å². The zero-order valence-corrected chi connectivity index (χ0v) is 20.1. The maximum absolute atomic E-state index is 14.8. The number of hydrogen-bond donors (Lipinski definition) is 1. The first kappa shape index (κ1) is 24.0. The molecule has 0 bridgehead atoms. The standard InChI is InChI=1S/C26H27F2N3O3.ClH/c27-20-4-1-16-3-6-22(32)31-15-18(23(20)25(16)31)14-30-9-7-19(8-10-30)29-13-17-2-5-21-26(24(17)28)34-12-11-33-21;/h1-6,18-19,29H,7-15H2;1H/t18-;/m1./s1. The van der Waals surface area contributed by atoms with Crippen LogP contribution < -0.4 is 20.3 Å². The van der Waals surface area contributed by atoms with Crippen LogP contribution in [-0.4, -0.2) is 48.4 Å². The van der Waals surface area contributed by atoms with E-state index in [1.54, 1.807) is 34.9 Å². The first-order valence-corrected chi connectivity index (χ1v) is 11.9. The van der Waals surface area contributed by atoms with Crippen molar-refractivity contribution in [2.45, 2.75) is 37.9 Å². The van der Waals surface area contributed by atoms with Crippen LogP contribution in [0.15, 0.2) is 41.2 Å². The van der Waals surface area contributed by atoms with E-state index in [1.807, 2.05) is 0 Å². The van der Waals surface area contributed by atoms with E-state index in [0.717, 1.165) is 43.4 Å². The summed E-state index contributed by atoms with van der Waals surface area (Å²) in [5.74, 6) is 0.0559. The lowest BCUT2D eigenvalue weighted by molar-refractivity contribution is 0.163. The van der Waals surface area contributed by atoms with Gasteiger partial charge < -0.3 is 24.3 Å². The van der Waals surface area contributed by atoms with Crippen molar-refractivity contribution in [2.75, 3.05) is 32.8 Å². The van der Waals surface area contributed by atoms with Gasteiger partial charge in [0.1, 0.15) is 19.0 Å². The highest BCUT2D eigenvalue weighted by Crippen LogP contribution is 2.36. The molecule has 3 aromatic rings. The Morgan fingerprint density at radius 2 is 1.77 bits per heavy atom. The summed E-state index contributed by atoms with van der Waals surface area (Å²) in [6.07, 6.45) is 1.86. The van der Waals surface area contributed by atoms with Crippen LogP contribution in [-0.2, 0) is 13.1 Å². The number of piperidine rings is 1. The molecule has 3 aliphatic heterocycles. The lowest BCUT2D eigenvalue weighted by Gasteiger charge is -2.34. The molecule has 0 saturated carbocycles. The lowest BCUT2D eigenvalue weighted by atomic mass is 9.96. The van der Waals surface area contributed by atoms with Gasteiger partial charge in [-0.25, -0.2) is 8.78 Å². The predicted molar refractivity (Wildman–Crippen MR) is 132 cm³/mol. The number of pyridine rings is 1. The molecule has 3 aliphatic rings. The second-order valence-electron chi connectivity index (χ2n) is 9.40. The number of hydrogen-bond acceptors (Lipinski definition) is 5. The number of nitrogens with one attached hydrogen (secondary N) is 1. The summed E-state index contributed by atoms with van der Waals surface area (Å²) in [6.45, 7) is 4.23. The van der Waals surface area contributed by atoms with Crippen molar-refractivity contribution in [3.05, 3.63) is 69.5 Å². The highest BCUT2D eigenvalue weighted by molar-refractivity contribution is 5.85. The topological polar surface area (TPSA) is 55.7 Å². The summed E-state index contributed by atoms with van der Waals surface area (Å²) in [5.41, 5.74) is 1.92. The van der Waals surface area contributed by atoms with E-state index in [1.165, 1.54) is 6.07 Å². The number of nitrogens with zero attached hydrogens (tertiary/aromatic N) is 2. The molecule has 1 N–H and O–H groups in total. The van der Waals surface area contributed by atoms with Gasteiger partial charge in [0, 0.05) is 48.8 Å². The molecule has 0 radical (unpaired) electrons. The van der Waals surface area contributed by atoms with Crippen LogP contribution >= 0.6 is 12.4 Å². The minimum Gasteiger partial charge on any atom is -0.486 e. The van der Waals surface area contributed by atoms with Gasteiger partial charge in [-0.1, -0.05) is 6.07 Å². The summed E-state index contributed by atoms with van der Waals surface area (Å²) >= 11 is 0. The van der Waals surface area contributed by atoms with Crippen LogP contribution in [0, 0.1) is 11.6 Å². The molecular weight excluding hydrogens is 476 g/mol. The Bertz CT molecular complexity index is 1310. The molecule has 2 aromatic carbocycles. The summed E-state index contributed by atoms with van der Waals surface area (Å²) in [4.78, 5) is 14.7. The van der Waals surface area contributed by atoms with Crippen LogP contribution in [0.5, 0.6) is 11.5 Å². The van der Waals surface area contributed by atoms with Gasteiger partial charge in [0.15, 0.2) is 17.3 Å². The van der Waals surface area contributed by atoms with Gasteiger partial charge in [-0.05, 0) is 55.6 Å². The van der Waals surface area contributed by atoms with E-state index < -0.39 is 0 Å². The fourth-order valence-corrected chi connectivity index (χ4v) is 5.57. The first-order chi connectivity index (χ1) is 16.6. The molecule has 0 amide bonds. The molecule has 35 heavy (non-hydrogen) atoms. The number of fused-ring (bicyclic) bond motifs is 1. The van der Waals surface area contributed by atoms with Gasteiger partial charge in [0.25, 0.3) is 5.56 Å². The van der Waals surface area contributed by atoms with Crippen molar-refractivity contribution in [1.29, 1.82) is 0 Å². The minimum absolute atomic E-state index is 0. The maximum atomic E-state index is 14.8. The highest BCUT2D eigenvalue weighted by Gasteiger charge is 2.31. The molecule has 6 nitrogen and oxygen atoms in total. The van der Waals surface area contributed by atoms with E-state index in [2.05, 4.69) is 10.2 Å².